The summed E-state index contributed by atoms with van der Waals surface area (Å²) in [6, 6.07) is 6.01. The second-order valence-corrected chi connectivity index (χ2v) is 6.92. The first-order valence-corrected chi connectivity index (χ1v) is 8.57. The van der Waals surface area contributed by atoms with Gasteiger partial charge < -0.3 is 14.4 Å². The van der Waals surface area contributed by atoms with Crippen LogP contribution in [0, 0.1) is 13.8 Å². The molecule has 2 heterocycles. The van der Waals surface area contributed by atoms with E-state index in [-0.39, 0.29) is 30.9 Å². The van der Waals surface area contributed by atoms with Crippen LogP contribution in [0.4, 0.5) is 0 Å². The number of nitrogens with zero attached hydrogens (tertiary/aromatic N) is 2. The van der Waals surface area contributed by atoms with Gasteiger partial charge in [0, 0.05) is 24.5 Å². The average molecular weight is 381 g/mol. The molecule has 26 heavy (non-hydrogen) atoms. The first-order chi connectivity index (χ1) is 11.8. The van der Waals surface area contributed by atoms with Crippen molar-refractivity contribution in [2.45, 2.75) is 32.7 Å². The van der Waals surface area contributed by atoms with Gasteiger partial charge in [0.1, 0.15) is 5.58 Å². The number of hydrogen-bond acceptors (Lipinski definition) is 4. The average Bonchev–Trinajstić information content (AvgIpc) is 2.97. The van der Waals surface area contributed by atoms with Crippen molar-refractivity contribution >= 4 is 35.3 Å². The van der Waals surface area contributed by atoms with Crippen LogP contribution in [0.15, 0.2) is 22.6 Å². The Balaban J connectivity index is 0.00000243. The Hall–Kier alpha value is -2.05. The molecule has 1 amide bonds. The van der Waals surface area contributed by atoms with E-state index >= 15 is 0 Å². The van der Waals surface area contributed by atoms with Crippen LogP contribution in [-0.2, 0) is 4.79 Å². The Morgan fingerprint density at radius 3 is 2.42 bits per heavy atom. The highest BCUT2D eigenvalue weighted by Gasteiger charge is 2.28. The summed E-state index contributed by atoms with van der Waals surface area (Å²) in [6.45, 7) is 5.32. The van der Waals surface area contributed by atoms with E-state index in [1.807, 2.05) is 44.0 Å². The molecule has 1 aromatic heterocycles. The Labute approximate surface area is 159 Å². The highest BCUT2D eigenvalue weighted by Crippen LogP contribution is 2.25. The Morgan fingerprint density at radius 1 is 1.19 bits per heavy atom. The number of hydrogen-bond donors (Lipinski definition) is 1. The van der Waals surface area contributed by atoms with Crippen LogP contribution in [0.3, 0.4) is 0 Å². The minimum Gasteiger partial charge on any atom is -0.480 e. The molecule has 1 saturated heterocycles. The van der Waals surface area contributed by atoms with Crippen LogP contribution in [0.5, 0.6) is 0 Å². The number of fused-ring (bicyclic) bond motifs is 1. The minimum atomic E-state index is -0.825. The number of furan rings is 1. The number of likely N-dealkylation sites (N-methyl/N-ethyl adjacent to an activating group) is 1. The summed E-state index contributed by atoms with van der Waals surface area (Å²) in [6.07, 6.45) is 1.54. The SMILES string of the molecule is Cc1cc2cc(C(=O)N3CCC(N(C)CC(=O)O)CC3)oc2cc1C.Cl. The molecule has 0 atom stereocenters. The smallest absolute Gasteiger partial charge is 0.317 e. The molecule has 0 saturated carbocycles. The monoisotopic (exact) mass is 380 g/mol. The van der Waals surface area contributed by atoms with Crippen molar-refractivity contribution in [3.05, 3.63) is 35.1 Å². The molecule has 2 aromatic rings. The molecule has 0 unspecified atom stereocenters. The van der Waals surface area contributed by atoms with E-state index in [4.69, 9.17) is 9.52 Å². The lowest BCUT2D eigenvalue weighted by Crippen LogP contribution is -2.46. The zero-order valence-corrected chi connectivity index (χ0v) is 16.1. The third kappa shape index (κ3) is 4.19. The third-order valence-corrected chi connectivity index (χ3v) is 5.10. The fourth-order valence-corrected chi connectivity index (χ4v) is 3.42. The summed E-state index contributed by atoms with van der Waals surface area (Å²) in [7, 11) is 1.82. The maximum atomic E-state index is 12.7. The number of likely N-dealkylation sites (tertiary alicyclic amines) is 1. The molecular weight excluding hydrogens is 356 g/mol. The number of carboxylic acid groups (broad SMARTS) is 1. The third-order valence-electron chi connectivity index (χ3n) is 5.10. The van der Waals surface area contributed by atoms with E-state index in [1.54, 1.807) is 4.90 Å². The van der Waals surface area contributed by atoms with Gasteiger partial charge in [-0.2, -0.15) is 0 Å². The zero-order chi connectivity index (χ0) is 18.1. The molecule has 0 radical (unpaired) electrons. The summed E-state index contributed by atoms with van der Waals surface area (Å²) in [5, 5.41) is 9.84. The van der Waals surface area contributed by atoms with E-state index in [2.05, 4.69) is 0 Å². The number of benzene rings is 1. The Kier molecular flexibility index (Phi) is 6.31. The number of aliphatic carboxylic acids is 1. The number of carbonyl (C=O) groups excluding carboxylic acids is 1. The summed E-state index contributed by atoms with van der Waals surface area (Å²) in [5.41, 5.74) is 3.06. The van der Waals surface area contributed by atoms with Gasteiger partial charge >= 0.3 is 5.97 Å². The molecule has 1 fully saturated rings. The molecule has 1 aliphatic rings. The lowest BCUT2D eigenvalue weighted by molar-refractivity contribution is -0.138. The normalized spacial score (nSPS) is 15.3. The van der Waals surface area contributed by atoms with Crippen molar-refractivity contribution < 1.29 is 19.1 Å². The molecule has 7 heteroatoms. The number of aryl methyl sites for hydroxylation is 2. The van der Waals surface area contributed by atoms with Crippen LogP contribution < -0.4 is 0 Å². The van der Waals surface area contributed by atoms with Crippen molar-refractivity contribution in [2.24, 2.45) is 0 Å². The lowest BCUT2D eigenvalue weighted by Gasteiger charge is -2.35. The number of halogens is 1. The van der Waals surface area contributed by atoms with E-state index < -0.39 is 5.97 Å². The molecule has 1 N–H and O–H groups in total. The predicted octanol–water partition coefficient (Wildman–Crippen LogP) is 3.09. The first kappa shape index (κ1) is 20.3. The number of carbonyl (C=O) groups is 2. The number of rotatable bonds is 4. The maximum absolute atomic E-state index is 12.7. The largest absolute Gasteiger partial charge is 0.480 e. The minimum absolute atomic E-state index is 0. The lowest BCUT2D eigenvalue weighted by atomic mass is 10.0. The summed E-state index contributed by atoms with van der Waals surface area (Å²) < 4.78 is 5.77. The van der Waals surface area contributed by atoms with Crippen LogP contribution in [0.1, 0.15) is 34.5 Å². The van der Waals surface area contributed by atoms with Crippen molar-refractivity contribution in [1.82, 2.24) is 9.80 Å². The van der Waals surface area contributed by atoms with Gasteiger partial charge in [-0.15, -0.1) is 12.4 Å². The molecule has 0 bridgehead atoms. The molecule has 6 nitrogen and oxygen atoms in total. The Morgan fingerprint density at radius 2 is 1.81 bits per heavy atom. The van der Waals surface area contributed by atoms with E-state index in [0.29, 0.717) is 18.8 Å². The van der Waals surface area contributed by atoms with Gasteiger partial charge in [-0.25, -0.2) is 0 Å². The van der Waals surface area contributed by atoms with Gasteiger partial charge in [-0.3, -0.25) is 14.5 Å². The molecule has 1 aromatic carbocycles. The molecule has 0 aliphatic carbocycles. The maximum Gasteiger partial charge on any atom is 0.317 e. The molecule has 0 spiro atoms. The molecule has 142 valence electrons. The van der Waals surface area contributed by atoms with Crippen molar-refractivity contribution in [3.8, 4) is 0 Å². The van der Waals surface area contributed by atoms with Crippen LogP contribution in [0.25, 0.3) is 11.0 Å². The van der Waals surface area contributed by atoms with E-state index in [9.17, 15) is 9.59 Å². The van der Waals surface area contributed by atoms with Gasteiger partial charge in [0.25, 0.3) is 5.91 Å². The van der Waals surface area contributed by atoms with Gasteiger partial charge in [0.05, 0.1) is 6.54 Å². The van der Waals surface area contributed by atoms with Crippen molar-refractivity contribution in [1.29, 1.82) is 0 Å². The standard InChI is InChI=1S/C19H24N2O4.ClH/c1-12-8-14-10-17(25-16(14)9-13(12)2)19(24)21-6-4-15(5-7-21)20(3)11-18(22)23;/h8-10,15H,4-7,11H2,1-3H3,(H,22,23);1H. The van der Waals surface area contributed by atoms with Crippen molar-refractivity contribution in [3.63, 3.8) is 0 Å². The Bertz CT molecular complexity index is 770. The highest BCUT2D eigenvalue weighted by atomic mass is 35.5. The quantitative estimate of drug-likeness (QED) is 0.882. The zero-order valence-electron chi connectivity index (χ0n) is 15.3. The highest BCUT2D eigenvalue weighted by molar-refractivity contribution is 5.96. The van der Waals surface area contributed by atoms with Crippen LogP contribution >= 0.6 is 12.4 Å². The second-order valence-electron chi connectivity index (χ2n) is 6.92. The molecular formula is C19H25ClN2O4. The summed E-state index contributed by atoms with van der Waals surface area (Å²) in [5.74, 6) is -0.544. The summed E-state index contributed by atoms with van der Waals surface area (Å²) >= 11 is 0. The van der Waals surface area contributed by atoms with Gasteiger partial charge in [-0.1, -0.05) is 0 Å². The molecule has 1 aliphatic heterocycles. The fourth-order valence-electron chi connectivity index (χ4n) is 3.42. The fraction of sp³-hybridized carbons (Fsp3) is 0.474. The summed E-state index contributed by atoms with van der Waals surface area (Å²) in [4.78, 5) is 27.2. The first-order valence-electron chi connectivity index (χ1n) is 8.57. The number of carboxylic acids is 1. The van der Waals surface area contributed by atoms with E-state index in [0.717, 1.165) is 29.4 Å². The van der Waals surface area contributed by atoms with Gasteiger partial charge in [0.15, 0.2) is 5.76 Å². The number of amides is 1. The van der Waals surface area contributed by atoms with Gasteiger partial charge in [-0.05, 0) is 63.1 Å². The second kappa shape index (κ2) is 8.10. The topological polar surface area (TPSA) is 74.0 Å². The predicted molar refractivity (Wildman–Crippen MR) is 102 cm³/mol. The van der Waals surface area contributed by atoms with Crippen LogP contribution in [0.2, 0.25) is 0 Å². The van der Waals surface area contributed by atoms with Crippen molar-refractivity contribution in [2.75, 3.05) is 26.7 Å². The van der Waals surface area contributed by atoms with E-state index in [1.165, 1.54) is 5.56 Å². The van der Waals surface area contributed by atoms with Gasteiger partial charge in [0.2, 0.25) is 0 Å². The number of piperidine rings is 1. The van der Waals surface area contributed by atoms with Crippen LogP contribution in [-0.4, -0.2) is 59.5 Å². The molecule has 3 rings (SSSR count).